The molecule has 0 saturated carbocycles. The van der Waals surface area contributed by atoms with Crippen molar-refractivity contribution in [2.75, 3.05) is 13.1 Å². The highest BCUT2D eigenvalue weighted by atomic mass is 35.5. The molecule has 3 rings (SSSR count). The molecule has 5 heteroatoms. The minimum atomic E-state index is 0. The predicted molar refractivity (Wildman–Crippen MR) is 67.3 cm³/mol. The maximum Gasteiger partial charge on any atom is 0.273 e. The molecule has 1 aromatic rings. The minimum Gasteiger partial charge on any atom is -0.329 e. The lowest BCUT2D eigenvalue weighted by atomic mass is 10.1. The zero-order valence-electron chi connectivity index (χ0n) is 9.56. The molecule has 0 aromatic carbocycles. The second kappa shape index (κ2) is 5.02. The number of nitrogens with zero attached hydrogens (tertiary/aromatic N) is 2. The molecular weight excluding hydrogens is 238 g/mol. The third-order valence-electron chi connectivity index (χ3n) is 3.41. The summed E-state index contributed by atoms with van der Waals surface area (Å²) < 4.78 is 0. The molecule has 0 radical (unpaired) electrons. The summed E-state index contributed by atoms with van der Waals surface area (Å²) >= 11 is 0. The Morgan fingerprint density at radius 3 is 3.06 bits per heavy atom. The Hall–Kier alpha value is -1.13. The van der Waals surface area contributed by atoms with Gasteiger partial charge in [-0.2, -0.15) is 0 Å². The van der Waals surface area contributed by atoms with Gasteiger partial charge < -0.3 is 10.2 Å². The number of halogens is 1. The highest BCUT2D eigenvalue weighted by Crippen LogP contribution is 2.24. The maximum absolute atomic E-state index is 12.1. The molecule has 3 heterocycles. The molecule has 1 amide bonds. The smallest absolute Gasteiger partial charge is 0.273 e. The van der Waals surface area contributed by atoms with Gasteiger partial charge in [-0.1, -0.05) is 6.07 Å². The number of amides is 1. The zero-order valence-corrected chi connectivity index (χ0v) is 10.4. The van der Waals surface area contributed by atoms with Gasteiger partial charge in [0.15, 0.2) is 0 Å². The van der Waals surface area contributed by atoms with Gasteiger partial charge in [0.05, 0.1) is 0 Å². The molecule has 0 bridgehead atoms. The quantitative estimate of drug-likeness (QED) is 0.818. The number of pyridine rings is 1. The molecule has 0 aliphatic carbocycles. The molecular formula is C12H16ClN3O. The van der Waals surface area contributed by atoms with E-state index in [1.54, 1.807) is 6.20 Å². The average molecular weight is 254 g/mol. The normalized spacial score (nSPS) is 23.2. The molecule has 2 aliphatic heterocycles. The predicted octanol–water partition coefficient (Wildman–Crippen LogP) is 1.21. The third-order valence-corrected chi connectivity index (χ3v) is 3.41. The molecule has 1 N–H and O–H groups in total. The fraction of sp³-hybridized carbons (Fsp3) is 0.500. The lowest BCUT2D eigenvalue weighted by molar-refractivity contribution is 0.0670. The molecule has 4 nitrogen and oxygen atoms in total. The van der Waals surface area contributed by atoms with E-state index >= 15 is 0 Å². The second-order valence-corrected chi connectivity index (χ2v) is 4.44. The van der Waals surface area contributed by atoms with Crippen LogP contribution in [-0.2, 0) is 6.54 Å². The van der Waals surface area contributed by atoms with Crippen molar-refractivity contribution >= 4 is 18.3 Å². The van der Waals surface area contributed by atoms with E-state index in [1.165, 1.54) is 0 Å². The van der Waals surface area contributed by atoms with Crippen molar-refractivity contribution in [2.24, 2.45) is 0 Å². The number of carbonyl (C=O) groups excluding carboxylic acids is 1. The molecule has 1 saturated heterocycles. The van der Waals surface area contributed by atoms with Crippen LogP contribution < -0.4 is 5.32 Å². The van der Waals surface area contributed by atoms with E-state index in [2.05, 4.69) is 10.3 Å². The van der Waals surface area contributed by atoms with Gasteiger partial charge in [-0.05, 0) is 25.5 Å². The van der Waals surface area contributed by atoms with Gasteiger partial charge in [0.2, 0.25) is 0 Å². The third kappa shape index (κ3) is 2.15. The van der Waals surface area contributed by atoms with Crippen molar-refractivity contribution in [3.63, 3.8) is 0 Å². The Balaban J connectivity index is 0.00000108. The van der Waals surface area contributed by atoms with Crippen LogP contribution in [0.3, 0.4) is 0 Å². The molecule has 1 fully saturated rings. The number of fused-ring (bicyclic) bond motifs is 1. The molecule has 1 atom stereocenters. The van der Waals surface area contributed by atoms with Crippen LogP contribution in [0, 0.1) is 0 Å². The summed E-state index contributed by atoms with van der Waals surface area (Å²) in [7, 11) is 0. The summed E-state index contributed by atoms with van der Waals surface area (Å²) in [6, 6.07) is 4.24. The van der Waals surface area contributed by atoms with E-state index in [9.17, 15) is 4.79 Å². The van der Waals surface area contributed by atoms with Crippen molar-refractivity contribution in [2.45, 2.75) is 25.4 Å². The van der Waals surface area contributed by atoms with Crippen LogP contribution in [0.1, 0.15) is 28.9 Å². The summed E-state index contributed by atoms with van der Waals surface area (Å²) in [4.78, 5) is 18.3. The van der Waals surface area contributed by atoms with Crippen molar-refractivity contribution in [3.8, 4) is 0 Å². The first-order valence-electron chi connectivity index (χ1n) is 5.82. The van der Waals surface area contributed by atoms with Gasteiger partial charge in [0.1, 0.15) is 5.69 Å². The largest absolute Gasteiger partial charge is 0.329 e. The first-order valence-corrected chi connectivity index (χ1v) is 5.82. The van der Waals surface area contributed by atoms with E-state index in [4.69, 9.17) is 0 Å². The molecule has 2 aliphatic rings. The number of nitrogens with one attached hydrogen (secondary N) is 1. The van der Waals surface area contributed by atoms with Gasteiger partial charge in [-0.25, -0.2) is 0 Å². The summed E-state index contributed by atoms with van der Waals surface area (Å²) in [6.45, 7) is 2.72. The molecule has 1 aromatic heterocycles. The Bertz CT molecular complexity index is 418. The standard InChI is InChI=1S/C12H15N3O.ClH/c16-12-11-9(3-1-6-14-11)8-15(12)10-4-2-5-13-7-10;/h1,3,6,10,13H,2,4-5,7-8H2;1H/t10-;/m0./s1. The number of aromatic nitrogens is 1. The van der Waals surface area contributed by atoms with Crippen molar-refractivity contribution in [1.29, 1.82) is 0 Å². The monoisotopic (exact) mass is 253 g/mol. The van der Waals surface area contributed by atoms with Crippen LogP contribution in [0.25, 0.3) is 0 Å². The molecule has 0 spiro atoms. The van der Waals surface area contributed by atoms with E-state index in [0.29, 0.717) is 11.7 Å². The van der Waals surface area contributed by atoms with Gasteiger partial charge in [-0.15, -0.1) is 12.4 Å². The fourth-order valence-electron chi connectivity index (χ4n) is 2.54. The number of rotatable bonds is 1. The number of carbonyl (C=O) groups is 1. The van der Waals surface area contributed by atoms with Crippen molar-refractivity contribution in [3.05, 3.63) is 29.6 Å². The number of hydrogen-bond acceptors (Lipinski definition) is 3. The molecule has 0 unspecified atom stereocenters. The van der Waals surface area contributed by atoms with Crippen LogP contribution in [0.4, 0.5) is 0 Å². The lowest BCUT2D eigenvalue weighted by Crippen LogP contribution is -2.46. The topological polar surface area (TPSA) is 45.2 Å². The van der Waals surface area contributed by atoms with Crippen LogP contribution in [-0.4, -0.2) is 34.9 Å². The highest BCUT2D eigenvalue weighted by Gasteiger charge is 2.33. The van der Waals surface area contributed by atoms with Crippen molar-refractivity contribution < 1.29 is 4.79 Å². The van der Waals surface area contributed by atoms with Crippen LogP contribution in [0.5, 0.6) is 0 Å². The molecule has 17 heavy (non-hydrogen) atoms. The first kappa shape index (κ1) is 12.3. The second-order valence-electron chi connectivity index (χ2n) is 4.44. The van der Waals surface area contributed by atoms with E-state index in [-0.39, 0.29) is 18.3 Å². The Morgan fingerprint density at radius 2 is 2.35 bits per heavy atom. The highest BCUT2D eigenvalue weighted by molar-refractivity contribution is 5.96. The van der Waals surface area contributed by atoms with Gasteiger partial charge in [-0.3, -0.25) is 9.78 Å². The first-order chi connectivity index (χ1) is 7.86. The SMILES string of the molecule is Cl.O=C1c2ncccc2CN1[C@H]1CCCNC1. The summed E-state index contributed by atoms with van der Waals surface area (Å²) in [5.41, 5.74) is 1.71. The number of hydrogen-bond donors (Lipinski definition) is 1. The van der Waals surface area contributed by atoms with Crippen LogP contribution in [0.15, 0.2) is 18.3 Å². The van der Waals surface area contributed by atoms with Gasteiger partial charge >= 0.3 is 0 Å². The van der Waals surface area contributed by atoms with Crippen LogP contribution in [0.2, 0.25) is 0 Å². The van der Waals surface area contributed by atoms with E-state index in [1.807, 2.05) is 17.0 Å². The molecule has 92 valence electrons. The summed E-state index contributed by atoms with van der Waals surface area (Å²) in [6.07, 6.45) is 3.95. The average Bonchev–Trinajstić information content (AvgIpc) is 2.69. The Labute approximate surface area is 107 Å². The Kier molecular flexibility index (Phi) is 3.64. The summed E-state index contributed by atoms with van der Waals surface area (Å²) in [5.74, 6) is 0.101. The zero-order chi connectivity index (χ0) is 11.0. The Morgan fingerprint density at radius 1 is 1.47 bits per heavy atom. The number of piperidine rings is 1. The van der Waals surface area contributed by atoms with Crippen molar-refractivity contribution in [1.82, 2.24) is 15.2 Å². The van der Waals surface area contributed by atoms with Crippen LogP contribution >= 0.6 is 12.4 Å². The van der Waals surface area contributed by atoms with Gasteiger partial charge in [0.25, 0.3) is 5.91 Å². The van der Waals surface area contributed by atoms with E-state index in [0.717, 1.165) is 38.0 Å². The summed E-state index contributed by atoms with van der Waals surface area (Å²) in [5, 5.41) is 3.34. The fourth-order valence-corrected chi connectivity index (χ4v) is 2.54. The lowest BCUT2D eigenvalue weighted by Gasteiger charge is -2.31. The minimum absolute atomic E-state index is 0. The van der Waals surface area contributed by atoms with E-state index < -0.39 is 0 Å². The van der Waals surface area contributed by atoms with Gasteiger partial charge in [0, 0.05) is 30.9 Å². The maximum atomic E-state index is 12.1.